The average molecular weight is 483 g/mol. The van der Waals surface area contributed by atoms with Crippen molar-refractivity contribution in [2.24, 2.45) is 5.92 Å². The van der Waals surface area contributed by atoms with Crippen molar-refractivity contribution < 1.29 is 19.1 Å². The molecule has 0 radical (unpaired) electrons. The summed E-state index contributed by atoms with van der Waals surface area (Å²) in [6.07, 6.45) is 2.67. The van der Waals surface area contributed by atoms with Crippen molar-refractivity contribution in [2.75, 3.05) is 11.9 Å². The third-order valence-electron chi connectivity index (χ3n) is 6.02. The fourth-order valence-corrected chi connectivity index (χ4v) is 4.20. The van der Waals surface area contributed by atoms with Gasteiger partial charge in [0.25, 0.3) is 0 Å². The van der Waals surface area contributed by atoms with Crippen LogP contribution >= 0.6 is 0 Å². The molecular weight excluding hydrogens is 444 g/mol. The van der Waals surface area contributed by atoms with Crippen molar-refractivity contribution in [1.29, 1.82) is 0 Å². The number of ether oxygens (including phenoxy) is 2. The predicted molar refractivity (Wildman–Crippen MR) is 135 cm³/mol. The second kappa shape index (κ2) is 9.55. The van der Waals surface area contributed by atoms with Crippen LogP contribution in [-0.4, -0.2) is 44.6 Å². The zero-order valence-corrected chi connectivity index (χ0v) is 21.7. The topological polar surface area (TPSA) is 85.7 Å². The van der Waals surface area contributed by atoms with Gasteiger partial charge in [-0.1, -0.05) is 18.2 Å². The van der Waals surface area contributed by atoms with E-state index < -0.39 is 23.4 Å². The second-order valence-electron chi connectivity index (χ2n) is 11.7. The molecule has 190 valence electrons. The molecule has 2 fully saturated rings. The van der Waals surface area contributed by atoms with Crippen molar-refractivity contribution in [3.63, 3.8) is 0 Å². The molecule has 2 amide bonds. The monoisotopic (exact) mass is 482 g/mol. The molecule has 0 unspecified atom stereocenters. The Bertz CT molecular complexity index is 1010. The maximum Gasteiger partial charge on any atom is 0.419 e. The predicted octanol–water partition coefficient (Wildman–Crippen LogP) is 6.63. The van der Waals surface area contributed by atoms with Crippen LogP contribution in [0.25, 0.3) is 0 Å². The number of carbonyl (C=O) groups excluding carboxylic acids is 2. The quantitative estimate of drug-likeness (QED) is 0.497. The van der Waals surface area contributed by atoms with E-state index in [2.05, 4.69) is 16.1 Å². The number of amides is 2. The number of benzene rings is 1. The van der Waals surface area contributed by atoms with E-state index in [9.17, 15) is 9.59 Å². The lowest BCUT2D eigenvalue weighted by atomic mass is 9.80. The van der Waals surface area contributed by atoms with Gasteiger partial charge in [0, 0.05) is 24.2 Å². The molecule has 2 aliphatic carbocycles. The van der Waals surface area contributed by atoms with Crippen molar-refractivity contribution >= 4 is 23.7 Å². The normalized spacial score (nSPS) is 20.1. The number of imide groups is 1. The second-order valence-corrected chi connectivity index (χ2v) is 11.7. The summed E-state index contributed by atoms with van der Waals surface area (Å²) < 4.78 is 13.1. The zero-order chi connectivity index (χ0) is 25.4. The lowest BCUT2D eigenvalue weighted by Crippen LogP contribution is -2.47. The van der Waals surface area contributed by atoms with E-state index in [-0.39, 0.29) is 18.5 Å². The van der Waals surface area contributed by atoms with E-state index in [0.29, 0.717) is 5.92 Å². The van der Waals surface area contributed by atoms with E-state index in [1.54, 1.807) is 41.5 Å². The van der Waals surface area contributed by atoms with Crippen LogP contribution < -0.4 is 5.32 Å². The molecule has 35 heavy (non-hydrogen) atoms. The van der Waals surface area contributed by atoms with Crippen LogP contribution in [0.2, 0.25) is 0 Å². The Morgan fingerprint density at radius 3 is 2.09 bits per heavy atom. The van der Waals surface area contributed by atoms with E-state index >= 15 is 0 Å². The Labute approximate surface area is 208 Å². The highest BCUT2D eigenvalue weighted by Gasteiger charge is 2.39. The molecule has 0 atom stereocenters. The minimum atomic E-state index is -0.703. The minimum absolute atomic E-state index is 0.151. The van der Waals surface area contributed by atoms with Gasteiger partial charge in [-0.25, -0.2) is 19.2 Å². The largest absolute Gasteiger partial charge is 0.443 e. The van der Waals surface area contributed by atoms with Gasteiger partial charge < -0.3 is 14.8 Å². The van der Waals surface area contributed by atoms with Crippen molar-refractivity contribution in [3.05, 3.63) is 42.1 Å². The summed E-state index contributed by atoms with van der Waals surface area (Å²) in [5.74, 6) is 1.69. The van der Waals surface area contributed by atoms with Crippen LogP contribution in [0.5, 0.6) is 0 Å². The summed E-state index contributed by atoms with van der Waals surface area (Å²) in [5.41, 5.74) is 0.751. The van der Waals surface area contributed by atoms with E-state index in [4.69, 9.17) is 14.6 Å². The summed E-state index contributed by atoms with van der Waals surface area (Å²) in [7, 11) is 0. The van der Waals surface area contributed by atoms with Gasteiger partial charge in [0.2, 0.25) is 0 Å². The molecule has 8 heteroatoms. The number of hydrogen-bond acceptors (Lipinski definition) is 6. The van der Waals surface area contributed by atoms with Crippen molar-refractivity contribution in [1.82, 2.24) is 14.7 Å². The van der Waals surface area contributed by atoms with Gasteiger partial charge in [-0.2, -0.15) is 5.10 Å². The van der Waals surface area contributed by atoms with Gasteiger partial charge in [-0.3, -0.25) is 0 Å². The fraction of sp³-hybridized carbons (Fsp3) is 0.593. The van der Waals surface area contributed by atoms with E-state index in [0.717, 1.165) is 34.9 Å². The standard InChI is InChI=1S/C27H38N4O4/c1-26(2,3)34-24(32)30(25(33)35-27(4,5)6)17-18-14-21(15-18)31-23(16-22(29-31)19-12-13-19)28-20-10-8-7-9-11-20/h7-11,16,18-19,21,28H,12-15,17H2,1-6H3. The Balaban J connectivity index is 1.44. The highest BCUT2D eigenvalue weighted by atomic mass is 16.6. The molecule has 2 saturated carbocycles. The first-order valence-corrected chi connectivity index (χ1v) is 12.5. The van der Waals surface area contributed by atoms with Crippen LogP contribution in [0.4, 0.5) is 21.1 Å². The van der Waals surface area contributed by atoms with E-state index in [1.165, 1.54) is 12.8 Å². The van der Waals surface area contributed by atoms with Gasteiger partial charge in [0.05, 0.1) is 11.7 Å². The van der Waals surface area contributed by atoms with Gasteiger partial charge in [0.1, 0.15) is 17.0 Å². The first-order valence-electron chi connectivity index (χ1n) is 12.5. The molecule has 0 saturated heterocycles. The van der Waals surface area contributed by atoms with Gasteiger partial charge in [-0.15, -0.1) is 0 Å². The number of para-hydroxylation sites is 1. The third-order valence-corrected chi connectivity index (χ3v) is 6.02. The molecule has 1 aromatic heterocycles. The lowest BCUT2D eigenvalue weighted by molar-refractivity contribution is -0.00637. The van der Waals surface area contributed by atoms with Crippen LogP contribution in [0.15, 0.2) is 36.4 Å². The smallest absolute Gasteiger partial charge is 0.419 e. The number of carbonyl (C=O) groups is 2. The van der Waals surface area contributed by atoms with Crippen LogP contribution in [0, 0.1) is 5.92 Å². The summed E-state index contributed by atoms with van der Waals surface area (Å²) in [6.45, 7) is 11.0. The van der Waals surface area contributed by atoms with Crippen molar-refractivity contribution in [3.8, 4) is 0 Å². The Morgan fingerprint density at radius 1 is 1.00 bits per heavy atom. The molecular formula is C27H38N4O4. The summed E-state index contributed by atoms with van der Waals surface area (Å²) in [6, 6.07) is 12.5. The number of nitrogens with one attached hydrogen (secondary N) is 1. The van der Waals surface area contributed by atoms with Gasteiger partial charge in [0.15, 0.2) is 0 Å². The fourth-order valence-electron chi connectivity index (χ4n) is 4.20. The van der Waals surface area contributed by atoms with Crippen LogP contribution in [0.3, 0.4) is 0 Å². The molecule has 1 aromatic carbocycles. The average Bonchev–Trinajstić information content (AvgIpc) is 3.47. The molecule has 0 aliphatic heterocycles. The minimum Gasteiger partial charge on any atom is -0.443 e. The number of anilines is 2. The maximum atomic E-state index is 12.8. The molecule has 2 aliphatic rings. The molecule has 2 aromatic rings. The summed E-state index contributed by atoms with van der Waals surface area (Å²) >= 11 is 0. The number of rotatable bonds is 6. The lowest BCUT2D eigenvalue weighted by Gasteiger charge is -2.39. The van der Waals surface area contributed by atoms with Gasteiger partial charge in [-0.05, 0) is 85.3 Å². The number of nitrogens with zero attached hydrogens (tertiary/aromatic N) is 3. The Kier molecular flexibility index (Phi) is 6.84. The molecule has 1 heterocycles. The Hall–Kier alpha value is -3.03. The van der Waals surface area contributed by atoms with E-state index in [1.807, 2.05) is 30.3 Å². The summed E-state index contributed by atoms with van der Waals surface area (Å²) in [4.78, 5) is 26.8. The first kappa shape index (κ1) is 25.1. The number of aromatic nitrogens is 2. The molecule has 8 nitrogen and oxygen atoms in total. The molecule has 4 rings (SSSR count). The highest BCUT2D eigenvalue weighted by Crippen LogP contribution is 2.44. The third kappa shape index (κ3) is 6.77. The molecule has 0 spiro atoms. The highest BCUT2D eigenvalue weighted by molar-refractivity contribution is 5.88. The molecule has 1 N–H and O–H groups in total. The van der Waals surface area contributed by atoms with Gasteiger partial charge >= 0.3 is 12.2 Å². The maximum absolute atomic E-state index is 12.8. The van der Waals surface area contributed by atoms with Crippen molar-refractivity contribution in [2.45, 2.75) is 90.4 Å². The molecule has 0 bridgehead atoms. The number of hydrogen-bond donors (Lipinski definition) is 1. The zero-order valence-electron chi connectivity index (χ0n) is 21.7. The summed E-state index contributed by atoms with van der Waals surface area (Å²) in [5, 5.41) is 8.44. The van der Waals surface area contributed by atoms with Crippen LogP contribution in [-0.2, 0) is 9.47 Å². The SMILES string of the molecule is CC(C)(C)OC(=O)N(CC1CC(n2nc(C3CC3)cc2Nc2ccccc2)C1)C(=O)OC(C)(C)C. The van der Waals surface area contributed by atoms with Crippen LogP contribution in [0.1, 0.15) is 84.9 Å². The Morgan fingerprint density at radius 2 is 1.57 bits per heavy atom. The first-order chi connectivity index (χ1) is 16.4.